The fourth-order valence-electron chi connectivity index (χ4n) is 2.81. The minimum atomic E-state index is -0.159. The minimum absolute atomic E-state index is 0.159. The van der Waals surface area contributed by atoms with Crippen LogP contribution in [0.2, 0.25) is 0 Å². The molecular weight excluding hydrogens is 314 g/mol. The first-order valence-corrected chi connectivity index (χ1v) is 7.87. The maximum absolute atomic E-state index is 12.7. The van der Waals surface area contributed by atoms with Gasteiger partial charge in [0.1, 0.15) is 0 Å². The smallest absolute Gasteiger partial charge is 0.256 e. The molecule has 0 saturated heterocycles. The van der Waals surface area contributed by atoms with Crippen molar-refractivity contribution in [3.63, 3.8) is 0 Å². The van der Waals surface area contributed by atoms with Gasteiger partial charge in [-0.1, -0.05) is 30.3 Å². The molecule has 122 valence electrons. The molecule has 0 aliphatic heterocycles. The largest absolute Gasteiger partial charge is 0.321 e. The Morgan fingerprint density at radius 1 is 0.920 bits per heavy atom. The lowest BCUT2D eigenvalue weighted by Gasteiger charge is -2.11. The van der Waals surface area contributed by atoms with Crippen molar-refractivity contribution in [2.24, 2.45) is 0 Å². The molecule has 4 rings (SSSR count). The summed E-state index contributed by atoms with van der Waals surface area (Å²) in [5.74, 6) is -0.159. The van der Waals surface area contributed by atoms with Crippen molar-refractivity contribution in [3.8, 4) is 0 Å². The predicted molar refractivity (Wildman–Crippen MR) is 95.3 cm³/mol. The Morgan fingerprint density at radius 3 is 2.48 bits per heavy atom. The van der Waals surface area contributed by atoms with Gasteiger partial charge in [0.2, 0.25) is 0 Å². The van der Waals surface area contributed by atoms with Crippen LogP contribution in [0.1, 0.15) is 15.9 Å². The molecule has 0 aliphatic carbocycles. The van der Waals surface area contributed by atoms with Crippen LogP contribution in [0.4, 0.5) is 5.69 Å². The number of hydrogen-bond donors (Lipinski definition) is 1. The Labute approximate surface area is 144 Å². The summed E-state index contributed by atoms with van der Waals surface area (Å²) in [4.78, 5) is 18.3. The third-order valence-electron chi connectivity index (χ3n) is 3.96. The molecule has 1 amide bonds. The molecule has 4 aromatic rings. The van der Waals surface area contributed by atoms with Gasteiger partial charge in [0.25, 0.3) is 5.91 Å². The summed E-state index contributed by atoms with van der Waals surface area (Å²) in [6.07, 6.45) is 6.59. The fourth-order valence-corrected chi connectivity index (χ4v) is 2.81. The van der Waals surface area contributed by atoms with Crippen LogP contribution >= 0.6 is 0 Å². The van der Waals surface area contributed by atoms with E-state index in [2.05, 4.69) is 20.5 Å². The second-order valence-corrected chi connectivity index (χ2v) is 5.57. The third-order valence-corrected chi connectivity index (χ3v) is 3.96. The lowest BCUT2D eigenvalue weighted by atomic mass is 9.99. The molecule has 1 N–H and O–H groups in total. The molecular formula is C19H15N5O. The number of nitrogens with zero attached hydrogens (tertiary/aromatic N) is 4. The van der Waals surface area contributed by atoms with Crippen molar-refractivity contribution in [3.05, 3.63) is 84.4 Å². The molecule has 2 aromatic carbocycles. The van der Waals surface area contributed by atoms with E-state index in [0.717, 1.165) is 16.3 Å². The van der Waals surface area contributed by atoms with Crippen molar-refractivity contribution in [2.75, 3.05) is 5.32 Å². The van der Waals surface area contributed by atoms with E-state index < -0.39 is 0 Å². The number of hydrogen-bond acceptors (Lipinski definition) is 4. The first-order chi connectivity index (χ1) is 12.3. The molecule has 25 heavy (non-hydrogen) atoms. The van der Waals surface area contributed by atoms with Crippen LogP contribution in [0, 0.1) is 0 Å². The van der Waals surface area contributed by atoms with Crippen molar-refractivity contribution >= 4 is 22.4 Å². The number of aromatic nitrogens is 4. The highest BCUT2D eigenvalue weighted by molar-refractivity contribution is 6.13. The standard InChI is InChI=1S/C19H15N5O/c25-19(23-15-4-3-9-20-12-15)18-8-7-14(13-24-21-10-11-22-24)16-5-1-2-6-17(16)18/h1-12H,13H2,(H,23,25). The number of carbonyl (C=O) groups excluding carboxylic acids is 1. The van der Waals surface area contributed by atoms with Gasteiger partial charge in [-0.15, -0.1) is 0 Å². The summed E-state index contributed by atoms with van der Waals surface area (Å²) in [7, 11) is 0. The molecule has 6 nitrogen and oxygen atoms in total. The van der Waals surface area contributed by atoms with E-state index in [1.807, 2.05) is 42.5 Å². The number of nitrogens with one attached hydrogen (secondary N) is 1. The van der Waals surface area contributed by atoms with Crippen LogP contribution in [-0.4, -0.2) is 25.9 Å². The van der Waals surface area contributed by atoms with Crippen molar-refractivity contribution < 1.29 is 4.79 Å². The van der Waals surface area contributed by atoms with E-state index >= 15 is 0 Å². The average Bonchev–Trinajstić information content (AvgIpc) is 3.16. The van der Waals surface area contributed by atoms with Crippen LogP contribution in [-0.2, 0) is 6.54 Å². The zero-order valence-electron chi connectivity index (χ0n) is 13.3. The number of pyridine rings is 1. The Balaban J connectivity index is 1.72. The molecule has 0 fully saturated rings. The van der Waals surface area contributed by atoms with Gasteiger partial charge in [0.15, 0.2) is 0 Å². The highest BCUT2D eigenvalue weighted by atomic mass is 16.1. The zero-order chi connectivity index (χ0) is 17.1. The Kier molecular flexibility index (Phi) is 3.92. The van der Waals surface area contributed by atoms with Crippen LogP contribution < -0.4 is 5.32 Å². The van der Waals surface area contributed by atoms with Crippen LogP contribution in [0.25, 0.3) is 10.8 Å². The van der Waals surface area contributed by atoms with E-state index in [0.29, 0.717) is 17.8 Å². The van der Waals surface area contributed by atoms with Gasteiger partial charge in [-0.3, -0.25) is 9.78 Å². The SMILES string of the molecule is O=C(Nc1cccnc1)c1ccc(Cn2nccn2)c2ccccc12. The monoisotopic (exact) mass is 329 g/mol. The van der Waals surface area contributed by atoms with E-state index in [9.17, 15) is 4.79 Å². The molecule has 0 aliphatic rings. The Hall–Kier alpha value is -3.54. The van der Waals surface area contributed by atoms with Gasteiger partial charge in [0, 0.05) is 11.8 Å². The molecule has 0 atom stereocenters. The maximum atomic E-state index is 12.7. The molecule has 0 saturated carbocycles. The minimum Gasteiger partial charge on any atom is -0.321 e. The van der Waals surface area contributed by atoms with E-state index in [4.69, 9.17) is 0 Å². The molecule has 0 unspecified atom stereocenters. The second-order valence-electron chi connectivity index (χ2n) is 5.57. The topological polar surface area (TPSA) is 72.7 Å². The summed E-state index contributed by atoms with van der Waals surface area (Å²) in [5.41, 5.74) is 2.35. The molecule has 6 heteroatoms. The van der Waals surface area contributed by atoms with Gasteiger partial charge in [-0.25, -0.2) is 0 Å². The van der Waals surface area contributed by atoms with E-state index in [1.165, 1.54) is 0 Å². The lowest BCUT2D eigenvalue weighted by Crippen LogP contribution is -2.13. The summed E-state index contributed by atoms with van der Waals surface area (Å²) < 4.78 is 0. The second kappa shape index (κ2) is 6.52. The van der Waals surface area contributed by atoms with E-state index in [1.54, 1.807) is 35.7 Å². The lowest BCUT2D eigenvalue weighted by molar-refractivity contribution is 0.102. The number of benzene rings is 2. The predicted octanol–water partition coefficient (Wildman–Crippen LogP) is 3.13. The number of amides is 1. The molecule has 2 aromatic heterocycles. The number of carbonyl (C=O) groups is 1. The fraction of sp³-hybridized carbons (Fsp3) is 0.0526. The normalized spacial score (nSPS) is 10.7. The number of rotatable bonds is 4. The molecule has 2 heterocycles. The molecule has 0 bridgehead atoms. The maximum Gasteiger partial charge on any atom is 0.256 e. The Bertz CT molecular complexity index is 1010. The summed E-state index contributed by atoms with van der Waals surface area (Å²) in [5, 5.41) is 13.1. The van der Waals surface area contributed by atoms with Gasteiger partial charge in [-0.05, 0) is 34.5 Å². The number of fused-ring (bicyclic) bond motifs is 1. The first kappa shape index (κ1) is 15.0. The first-order valence-electron chi connectivity index (χ1n) is 7.87. The summed E-state index contributed by atoms with van der Waals surface area (Å²) in [6.45, 7) is 0.554. The molecule has 0 radical (unpaired) electrons. The Morgan fingerprint density at radius 2 is 1.72 bits per heavy atom. The van der Waals surface area contributed by atoms with E-state index in [-0.39, 0.29) is 5.91 Å². The quantitative estimate of drug-likeness (QED) is 0.624. The van der Waals surface area contributed by atoms with Gasteiger partial charge in [0.05, 0.1) is 30.8 Å². The molecule has 0 spiro atoms. The average molecular weight is 329 g/mol. The summed E-state index contributed by atoms with van der Waals surface area (Å²) in [6, 6.07) is 15.2. The zero-order valence-corrected chi connectivity index (χ0v) is 13.3. The van der Waals surface area contributed by atoms with Gasteiger partial charge < -0.3 is 5.32 Å². The van der Waals surface area contributed by atoms with Crippen LogP contribution in [0.3, 0.4) is 0 Å². The third kappa shape index (κ3) is 3.10. The highest BCUT2D eigenvalue weighted by Crippen LogP contribution is 2.24. The van der Waals surface area contributed by atoms with Gasteiger partial charge in [-0.2, -0.15) is 15.0 Å². The van der Waals surface area contributed by atoms with Crippen molar-refractivity contribution in [1.82, 2.24) is 20.0 Å². The van der Waals surface area contributed by atoms with Crippen LogP contribution in [0.15, 0.2) is 73.3 Å². The van der Waals surface area contributed by atoms with Gasteiger partial charge >= 0.3 is 0 Å². The van der Waals surface area contributed by atoms with Crippen molar-refractivity contribution in [1.29, 1.82) is 0 Å². The summed E-state index contributed by atoms with van der Waals surface area (Å²) >= 11 is 0. The van der Waals surface area contributed by atoms with Crippen LogP contribution in [0.5, 0.6) is 0 Å². The highest BCUT2D eigenvalue weighted by Gasteiger charge is 2.13. The number of anilines is 1. The van der Waals surface area contributed by atoms with Crippen molar-refractivity contribution in [2.45, 2.75) is 6.54 Å².